The molecule has 0 unspecified atom stereocenters. The second-order valence-electron chi connectivity index (χ2n) is 6.16. The minimum absolute atomic E-state index is 0.121. The fraction of sp³-hybridized carbons (Fsp3) is 0.190. The molecule has 1 N–H and O–H groups in total. The zero-order chi connectivity index (χ0) is 19.9. The van der Waals surface area contributed by atoms with Crippen LogP contribution in [0.25, 0.3) is 0 Å². The molecule has 0 radical (unpaired) electrons. The van der Waals surface area contributed by atoms with Gasteiger partial charge in [-0.3, -0.25) is 4.79 Å². The molecule has 0 spiro atoms. The van der Waals surface area contributed by atoms with Crippen LogP contribution in [-0.4, -0.2) is 17.6 Å². The maximum atomic E-state index is 12.4. The summed E-state index contributed by atoms with van der Waals surface area (Å²) >= 11 is 1.49. The van der Waals surface area contributed by atoms with E-state index in [9.17, 15) is 4.79 Å². The van der Waals surface area contributed by atoms with E-state index in [1.54, 1.807) is 31.4 Å². The van der Waals surface area contributed by atoms with Crippen LogP contribution in [0.3, 0.4) is 0 Å². The van der Waals surface area contributed by atoms with Crippen LogP contribution in [0.2, 0.25) is 0 Å². The Bertz CT molecular complexity index is 1070. The van der Waals surface area contributed by atoms with Crippen LogP contribution in [-0.2, 0) is 29.6 Å². The van der Waals surface area contributed by atoms with Crippen LogP contribution in [0.5, 0.6) is 0 Å². The van der Waals surface area contributed by atoms with Crippen molar-refractivity contribution < 1.29 is 9.53 Å². The Balaban J connectivity index is 1.76. The molecule has 0 saturated heterocycles. The molecule has 3 aromatic rings. The maximum Gasteiger partial charge on any atom is 0.230 e. The Morgan fingerprint density at radius 1 is 1.25 bits per heavy atom. The summed E-state index contributed by atoms with van der Waals surface area (Å²) in [5.74, 6) is -0.121. The summed E-state index contributed by atoms with van der Waals surface area (Å²) < 4.78 is 7.15. The van der Waals surface area contributed by atoms with Gasteiger partial charge in [-0.2, -0.15) is 5.26 Å². The van der Waals surface area contributed by atoms with Gasteiger partial charge in [-0.15, -0.1) is 11.3 Å². The quantitative estimate of drug-likeness (QED) is 0.697. The van der Waals surface area contributed by atoms with Gasteiger partial charge in [0.2, 0.25) is 5.91 Å². The molecule has 2 aromatic carbocycles. The largest absolute Gasteiger partial charge is 0.380 e. The lowest BCUT2D eigenvalue weighted by atomic mass is 10.2. The third kappa shape index (κ3) is 4.74. The van der Waals surface area contributed by atoms with Crippen molar-refractivity contribution in [2.45, 2.75) is 13.0 Å². The normalized spacial score (nSPS) is 11.2. The molecular formula is C21H20N4O2S. The molecule has 0 aliphatic carbocycles. The van der Waals surface area contributed by atoms with Gasteiger partial charge >= 0.3 is 0 Å². The first-order chi connectivity index (χ1) is 13.6. The molecule has 0 saturated carbocycles. The van der Waals surface area contributed by atoms with Crippen LogP contribution in [0.15, 0.2) is 58.9 Å². The standard InChI is InChI=1S/C21H20N4O2S/c1-25-18(11-20(26)23-17-9-7-15(12-22)8-10-17)14-28-21(25)24-19-6-4-3-5-16(19)13-27-2/h3-10,14H,11,13H2,1-2H3,(H,23,26). The lowest BCUT2D eigenvalue weighted by molar-refractivity contribution is -0.115. The summed E-state index contributed by atoms with van der Waals surface area (Å²) in [5.41, 5.74) is 3.97. The molecule has 0 atom stereocenters. The zero-order valence-corrected chi connectivity index (χ0v) is 16.5. The molecule has 0 fully saturated rings. The number of anilines is 1. The van der Waals surface area contributed by atoms with Gasteiger partial charge in [0.25, 0.3) is 0 Å². The van der Waals surface area contributed by atoms with Gasteiger partial charge in [0.1, 0.15) is 0 Å². The summed E-state index contributed by atoms with van der Waals surface area (Å²) in [4.78, 5) is 17.9. The minimum atomic E-state index is -0.121. The number of ether oxygens (including phenoxy) is 1. The number of thiazole rings is 1. The summed E-state index contributed by atoms with van der Waals surface area (Å²) in [6.45, 7) is 0.495. The van der Waals surface area contributed by atoms with E-state index in [4.69, 9.17) is 15.0 Å². The maximum absolute atomic E-state index is 12.4. The smallest absolute Gasteiger partial charge is 0.230 e. The number of nitrogens with zero attached hydrogens (tertiary/aromatic N) is 3. The molecule has 7 heteroatoms. The van der Waals surface area contributed by atoms with Crippen molar-refractivity contribution in [1.82, 2.24) is 4.57 Å². The first kappa shape index (κ1) is 19.5. The van der Waals surface area contributed by atoms with E-state index < -0.39 is 0 Å². The van der Waals surface area contributed by atoms with Crippen molar-refractivity contribution in [2.75, 3.05) is 12.4 Å². The van der Waals surface area contributed by atoms with Gasteiger partial charge in [-0.1, -0.05) is 18.2 Å². The van der Waals surface area contributed by atoms with Crippen LogP contribution in [0, 0.1) is 11.3 Å². The number of benzene rings is 2. The van der Waals surface area contributed by atoms with Gasteiger partial charge in [0.15, 0.2) is 4.80 Å². The van der Waals surface area contributed by atoms with E-state index in [0.717, 1.165) is 21.7 Å². The Kier molecular flexibility index (Phi) is 6.37. The zero-order valence-electron chi connectivity index (χ0n) is 15.7. The number of nitriles is 1. The Morgan fingerprint density at radius 2 is 2.00 bits per heavy atom. The highest BCUT2D eigenvalue weighted by Gasteiger charge is 2.09. The lowest BCUT2D eigenvalue weighted by Crippen LogP contribution is -2.19. The number of aromatic nitrogens is 1. The number of hydrogen-bond acceptors (Lipinski definition) is 5. The van der Waals surface area contributed by atoms with Crippen molar-refractivity contribution in [1.29, 1.82) is 5.26 Å². The van der Waals surface area contributed by atoms with Crippen molar-refractivity contribution in [2.24, 2.45) is 12.0 Å². The van der Waals surface area contributed by atoms with E-state index >= 15 is 0 Å². The molecule has 6 nitrogen and oxygen atoms in total. The number of amides is 1. The van der Waals surface area contributed by atoms with Gasteiger partial charge in [-0.05, 0) is 30.3 Å². The number of carbonyl (C=O) groups excluding carboxylic acids is 1. The minimum Gasteiger partial charge on any atom is -0.380 e. The lowest BCUT2D eigenvalue weighted by Gasteiger charge is -2.06. The predicted molar refractivity (Wildman–Crippen MR) is 109 cm³/mol. The summed E-state index contributed by atoms with van der Waals surface area (Å²) in [6.07, 6.45) is 0.238. The number of carbonyl (C=O) groups is 1. The molecule has 1 heterocycles. The third-order valence-corrected chi connectivity index (χ3v) is 5.13. The SMILES string of the molecule is COCc1ccccc1N=c1scc(CC(=O)Nc2ccc(C#N)cc2)n1C. The molecule has 0 bridgehead atoms. The molecule has 0 aliphatic heterocycles. The van der Waals surface area contributed by atoms with Crippen LogP contribution in [0.4, 0.5) is 11.4 Å². The number of nitrogens with one attached hydrogen (secondary N) is 1. The van der Waals surface area contributed by atoms with Gasteiger partial charge in [0, 0.05) is 36.5 Å². The average molecular weight is 392 g/mol. The average Bonchev–Trinajstić information content (AvgIpc) is 3.03. The first-order valence-corrected chi connectivity index (χ1v) is 9.53. The first-order valence-electron chi connectivity index (χ1n) is 8.65. The summed E-state index contributed by atoms with van der Waals surface area (Å²) in [7, 11) is 3.56. The summed E-state index contributed by atoms with van der Waals surface area (Å²) in [5, 5.41) is 13.6. The highest BCUT2D eigenvalue weighted by molar-refractivity contribution is 7.07. The predicted octanol–water partition coefficient (Wildman–Crippen LogP) is 3.52. The van der Waals surface area contributed by atoms with Gasteiger partial charge in [-0.25, -0.2) is 4.99 Å². The van der Waals surface area contributed by atoms with Gasteiger partial charge in [0.05, 0.1) is 30.3 Å². The molecule has 1 amide bonds. The highest BCUT2D eigenvalue weighted by atomic mass is 32.1. The van der Waals surface area contributed by atoms with Crippen molar-refractivity contribution in [3.63, 3.8) is 0 Å². The molecule has 3 rings (SSSR count). The van der Waals surface area contributed by atoms with Crippen LogP contribution in [0.1, 0.15) is 16.8 Å². The van der Waals surface area contributed by atoms with Crippen molar-refractivity contribution in [3.05, 3.63) is 75.5 Å². The number of para-hydroxylation sites is 1. The fourth-order valence-electron chi connectivity index (χ4n) is 2.66. The van der Waals surface area contributed by atoms with Gasteiger partial charge < -0.3 is 14.6 Å². The van der Waals surface area contributed by atoms with E-state index in [-0.39, 0.29) is 12.3 Å². The number of methoxy groups -OCH3 is 1. The fourth-order valence-corrected chi connectivity index (χ4v) is 3.57. The Hall–Kier alpha value is -3.21. The highest BCUT2D eigenvalue weighted by Crippen LogP contribution is 2.19. The molecule has 28 heavy (non-hydrogen) atoms. The molecule has 0 aliphatic rings. The molecule has 142 valence electrons. The van der Waals surface area contributed by atoms with E-state index in [1.165, 1.54) is 11.3 Å². The van der Waals surface area contributed by atoms with Crippen molar-refractivity contribution >= 4 is 28.6 Å². The molecular weight excluding hydrogens is 372 g/mol. The second-order valence-corrected chi connectivity index (χ2v) is 6.99. The monoisotopic (exact) mass is 392 g/mol. The second kappa shape index (κ2) is 9.13. The van der Waals surface area contributed by atoms with Crippen LogP contribution >= 0.6 is 11.3 Å². The van der Waals surface area contributed by atoms with E-state index in [0.29, 0.717) is 17.9 Å². The molecule has 1 aromatic heterocycles. The van der Waals surface area contributed by atoms with Crippen LogP contribution < -0.4 is 10.1 Å². The summed E-state index contributed by atoms with van der Waals surface area (Å²) in [6, 6.07) is 16.7. The van der Waals surface area contributed by atoms with E-state index in [2.05, 4.69) is 11.4 Å². The number of rotatable bonds is 6. The Labute approximate surface area is 167 Å². The number of hydrogen-bond donors (Lipinski definition) is 1. The topological polar surface area (TPSA) is 79.4 Å². The third-order valence-electron chi connectivity index (χ3n) is 4.17. The Morgan fingerprint density at radius 3 is 2.71 bits per heavy atom. The van der Waals surface area contributed by atoms with Crippen molar-refractivity contribution in [3.8, 4) is 6.07 Å². The van der Waals surface area contributed by atoms with E-state index in [1.807, 2.05) is 41.3 Å².